The third-order valence-corrected chi connectivity index (χ3v) is 4.24. The summed E-state index contributed by atoms with van der Waals surface area (Å²) < 4.78 is 4.66. The highest BCUT2D eigenvalue weighted by Crippen LogP contribution is 2.22. The molecule has 2 N–H and O–H groups in total. The van der Waals surface area contributed by atoms with Gasteiger partial charge in [0.15, 0.2) is 0 Å². The molecular weight excluding hydrogens is 328 g/mol. The fourth-order valence-electron chi connectivity index (χ4n) is 2.80. The maximum absolute atomic E-state index is 12.1. The summed E-state index contributed by atoms with van der Waals surface area (Å²) in [4.78, 5) is 23.6. The lowest BCUT2D eigenvalue weighted by molar-refractivity contribution is -0.115. The van der Waals surface area contributed by atoms with Gasteiger partial charge in [0.2, 0.25) is 5.91 Å². The van der Waals surface area contributed by atoms with Crippen LogP contribution in [0.3, 0.4) is 0 Å². The first kappa shape index (κ1) is 19.5. The molecule has 26 heavy (non-hydrogen) atoms. The fourth-order valence-corrected chi connectivity index (χ4v) is 2.80. The number of carbonyl (C=O) groups is 2. The van der Waals surface area contributed by atoms with Crippen LogP contribution in [0.15, 0.2) is 42.5 Å². The minimum atomic E-state index is -0.395. The molecule has 0 atom stereocenters. The molecule has 0 spiro atoms. The number of amides is 1. The zero-order chi connectivity index (χ0) is 18.9. The first-order valence-corrected chi connectivity index (χ1v) is 8.91. The zero-order valence-electron chi connectivity index (χ0n) is 15.6. The van der Waals surface area contributed by atoms with Crippen LogP contribution in [-0.2, 0) is 22.4 Å². The average Bonchev–Trinajstić information content (AvgIpc) is 2.67. The molecule has 0 heterocycles. The van der Waals surface area contributed by atoms with Gasteiger partial charge in [-0.2, -0.15) is 0 Å². The van der Waals surface area contributed by atoms with Crippen molar-refractivity contribution in [3.8, 4) is 0 Å². The number of benzene rings is 2. The molecule has 0 unspecified atom stereocenters. The van der Waals surface area contributed by atoms with Gasteiger partial charge >= 0.3 is 5.97 Å². The van der Waals surface area contributed by atoms with E-state index in [1.807, 2.05) is 0 Å². The summed E-state index contributed by atoms with van der Waals surface area (Å²) >= 11 is 0. The van der Waals surface area contributed by atoms with Crippen molar-refractivity contribution in [2.45, 2.75) is 33.1 Å². The maximum atomic E-state index is 12.1. The van der Waals surface area contributed by atoms with Gasteiger partial charge in [-0.1, -0.05) is 32.0 Å². The van der Waals surface area contributed by atoms with Gasteiger partial charge in [0.1, 0.15) is 0 Å². The van der Waals surface area contributed by atoms with Gasteiger partial charge in [-0.15, -0.1) is 0 Å². The largest absolute Gasteiger partial charge is 0.465 e. The van der Waals surface area contributed by atoms with Crippen molar-refractivity contribution in [1.82, 2.24) is 0 Å². The van der Waals surface area contributed by atoms with Crippen molar-refractivity contribution < 1.29 is 14.3 Å². The van der Waals surface area contributed by atoms with Crippen molar-refractivity contribution in [2.75, 3.05) is 24.3 Å². The van der Waals surface area contributed by atoms with Crippen molar-refractivity contribution in [3.63, 3.8) is 0 Å². The fraction of sp³-hybridized carbons (Fsp3) is 0.333. The Kier molecular flexibility index (Phi) is 7.21. The molecule has 2 aromatic rings. The molecule has 0 fully saturated rings. The highest BCUT2D eigenvalue weighted by molar-refractivity contribution is 5.93. The van der Waals surface area contributed by atoms with E-state index in [0.29, 0.717) is 24.2 Å². The van der Waals surface area contributed by atoms with Crippen LogP contribution in [0.4, 0.5) is 11.4 Å². The number of hydrogen-bond donors (Lipinski definition) is 2. The lowest BCUT2D eigenvalue weighted by atomic mass is 10.0. The minimum Gasteiger partial charge on any atom is -0.465 e. The number of para-hydroxylation sites is 1. The molecule has 1 amide bonds. The molecule has 138 valence electrons. The summed E-state index contributed by atoms with van der Waals surface area (Å²) in [7, 11) is 1.34. The Hall–Kier alpha value is -2.82. The van der Waals surface area contributed by atoms with Gasteiger partial charge in [0.25, 0.3) is 0 Å². The number of anilines is 2. The predicted octanol–water partition coefficient (Wildman–Crippen LogP) is 4.04. The quantitative estimate of drug-likeness (QED) is 0.702. The third kappa shape index (κ3) is 5.09. The average molecular weight is 354 g/mol. The number of methoxy groups -OCH3 is 1. The second-order valence-corrected chi connectivity index (χ2v) is 5.95. The number of rotatable bonds is 8. The maximum Gasteiger partial charge on any atom is 0.337 e. The SMILES string of the molecule is CCc1cccc(CC)c1NCCC(=O)Nc1ccc(C(=O)OC)cc1. The summed E-state index contributed by atoms with van der Waals surface area (Å²) in [6.07, 6.45) is 2.27. The second-order valence-electron chi connectivity index (χ2n) is 5.95. The van der Waals surface area contributed by atoms with E-state index >= 15 is 0 Å². The third-order valence-electron chi connectivity index (χ3n) is 4.24. The summed E-state index contributed by atoms with van der Waals surface area (Å²) in [5.41, 5.74) is 4.79. The molecule has 5 nitrogen and oxygen atoms in total. The Labute approximate surface area is 154 Å². The Bertz CT molecular complexity index is 732. The van der Waals surface area contributed by atoms with Crippen LogP contribution in [0, 0.1) is 0 Å². The minimum absolute atomic E-state index is 0.0738. The molecular formula is C21H26N2O3. The van der Waals surface area contributed by atoms with E-state index in [1.54, 1.807) is 24.3 Å². The van der Waals surface area contributed by atoms with Crippen LogP contribution in [0.2, 0.25) is 0 Å². The highest BCUT2D eigenvalue weighted by Gasteiger charge is 2.08. The number of ether oxygens (including phenoxy) is 1. The molecule has 2 rings (SSSR count). The van der Waals surface area contributed by atoms with E-state index in [1.165, 1.54) is 18.2 Å². The number of hydrogen-bond acceptors (Lipinski definition) is 4. The second kappa shape index (κ2) is 9.61. The van der Waals surface area contributed by atoms with Gasteiger partial charge < -0.3 is 15.4 Å². The highest BCUT2D eigenvalue weighted by atomic mass is 16.5. The molecule has 0 aliphatic rings. The van der Waals surface area contributed by atoms with E-state index in [4.69, 9.17) is 0 Å². The van der Waals surface area contributed by atoms with Crippen molar-refractivity contribution >= 4 is 23.3 Å². The summed E-state index contributed by atoms with van der Waals surface area (Å²) in [5.74, 6) is -0.469. The van der Waals surface area contributed by atoms with Crippen LogP contribution in [0.5, 0.6) is 0 Å². The van der Waals surface area contributed by atoms with E-state index < -0.39 is 5.97 Å². The standard InChI is InChI=1S/C21H26N2O3/c1-4-15-7-6-8-16(5-2)20(15)22-14-13-19(24)23-18-11-9-17(10-12-18)21(25)26-3/h6-12,22H,4-5,13-14H2,1-3H3,(H,23,24). The lowest BCUT2D eigenvalue weighted by Gasteiger charge is -2.15. The monoisotopic (exact) mass is 354 g/mol. The Morgan fingerprint density at radius 1 is 0.962 bits per heavy atom. The smallest absolute Gasteiger partial charge is 0.337 e. The first-order chi connectivity index (χ1) is 12.6. The first-order valence-electron chi connectivity index (χ1n) is 8.91. The van der Waals surface area contributed by atoms with Crippen molar-refractivity contribution in [3.05, 3.63) is 59.2 Å². The molecule has 0 aromatic heterocycles. The summed E-state index contributed by atoms with van der Waals surface area (Å²) in [6.45, 7) is 4.82. The van der Waals surface area contributed by atoms with E-state index in [-0.39, 0.29) is 5.91 Å². The van der Waals surface area contributed by atoms with Crippen LogP contribution in [0.1, 0.15) is 41.8 Å². The van der Waals surface area contributed by atoms with Crippen molar-refractivity contribution in [2.24, 2.45) is 0 Å². The van der Waals surface area contributed by atoms with E-state index in [9.17, 15) is 9.59 Å². The van der Waals surface area contributed by atoms with E-state index in [2.05, 4.69) is 47.4 Å². The van der Waals surface area contributed by atoms with Crippen LogP contribution in [-0.4, -0.2) is 25.5 Å². The number of carbonyl (C=O) groups excluding carboxylic acids is 2. The van der Waals surface area contributed by atoms with Crippen molar-refractivity contribution in [1.29, 1.82) is 0 Å². The molecule has 0 saturated carbocycles. The molecule has 0 bridgehead atoms. The van der Waals surface area contributed by atoms with Gasteiger partial charge in [0.05, 0.1) is 12.7 Å². The lowest BCUT2D eigenvalue weighted by Crippen LogP contribution is -2.17. The van der Waals surface area contributed by atoms with Gasteiger partial charge in [-0.05, 0) is 48.2 Å². The summed E-state index contributed by atoms with van der Waals surface area (Å²) in [6, 6.07) is 13.0. The molecule has 5 heteroatoms. The van der Waals surface area contributed by atoms with E-state index in [0.717, 1.165) is 18.5 Å². The van der Waals surface area contributed by atoms with Crippen LogP contribution in [0.25, 0.3) is 0 Å². The normalized spacial score (nSPS) is 10.3. The van der Waals surface area contributed by atoms with Gasteiger partial charge in [-0.3, -0.25) is 4.79 Å². The molecule has 0 saturated heterocycles. The Morgan fingerprint density at radius 3 is 2.12 bits per heavy atom. The van der Waals surface area contributed by atoms with Gasteiger partial charge in [-0.25, -0.2) is 4.79 Å². The molecule has 0 radical (unpaired) electrons. The topological polar surface area (TPSA) is 67.4 Å². The molecule has 0 aliphatic carbocycles. The number of esters is 1. The number of aryl methyl sites for hydroxylation is 2. The molecule has 2 aromatic carbocycles. The van der Waals surface area contributed by atoms with Crippen LogP contribution >= 0.6 is 0 Å². The summed E-state index contributed by atoms with van der Waals surface area (Å²) in [5, 5.41) is 6.25. The predicted molar refractivity (Wildman–Crippen MR) is 105 cm³/mol. The van der Waals surface area contributed by atoms with Crippen LogP contribution < -0.4 is 10.6 Å². The van der Waals surface area contributed by atoms with Gasteiger partial charge in [0, 0.05) is 24.3 Å². The molecule has 0 aliphatic heterocycles. The number of nitrogens with one attached hydrogen (secondary N) is 2. The zero-order valence-corrected chi connectivity index (χ0v) is 15.6. The Balaban J connectivity index is 1.89. The Morgan fingerprint density at radius 2 is 1.58 bits per heavy atom.